The van der Waals surface area contributed by atoms with E-state index < -0.39 is 0 Å². The molecular formula is C13H14BrN3O. The Morgan fingerprint density at radius 2 is 2.17 bits per heavy atom. The topological polar surface area (TPSA) is 60.9 Å². The number of hydrogen-bond donors (Lipinski definition) is 1. The third kappa shape index (κ3) is 3.05. The van der Waals surface area contributed by atoms with Crippen molar-refractivity contribution in [2.24, 2.45) is 5.73 Å². The minimum atomic E-state index is -0.00216. The lowest BCUT2D eigenvalue weighted by atomic mass is 10.1. The number of carbonyl (C=O) groups excluding carboxylic acids is 1. The number of nitrogens with zero attached hydrogens (tertiary/aromatic N) is 2. The van der Waals surface area contributed by atoms with Crippen molar-refractivity contribution < 1.29 is 4.79 Å². The second-order valence-corrected chi connectivity index (χ2v) is 4.83. The van der Waals surface area contributed by atoms with Gasteiger partial charge in [-0.2, -0.15) is 0 Å². The third-order valence-corrected chi connectivity index (χ3v) is 3.40. The van der Waals surface area contributed by atoms with Crippen molar-refractivity contribution >= 4 is 21.8 Å². The highest BCUT2D eigenvalue weighted by atomic mass is 79.9. The molecule has 0 amide bonds. The molecule has 5 heteroatoms. The molecule has 0 bridgehead atoms. The molecule has 4 nitrogen and oxygen atoms in total. The fraction of sp³-hybridized carbons (Fsp3) is 0.231. The van der Waals surface area contributed by atoms with Crippen molar-refractivity contribution in [3.8, 4) is 0 Å². The van der Waals surface area contributed by atoms with Crippen LogP contribution in [0.25, 0.3) is 0 Å². The van der Waals surface area contributed by atoms with Gasteiger partial charge in [0.15, 0.2) is 0 Å². The zero-order valence-electron chi connectivity index (χ0n) is 9.84. The van der Waals surface area contributed by atoms with Crippen molar-refractivity contribution in [3.63, 3.8) is 0 Å². The summed E-state index contributed by atoms with van der Waals surface area (Å²) in [5.74, 6) is -0.00216. The summed E-state index contributed by atoms with van der Waals surface area (Å²) in [6.45, 7) is 0.537. The first-order chi connectivity index (χ1) is 8.70. The van der Waals surface area contributed by atoms with Gasteiger partial charge in [0.05, 0.1) is 12.1 Å². The molecule has 0 unspecified atom stereocenters. The van der Waals surface area contributed by atoms with Gasteiger partial charge in [0.25, 0.3) is 0 Å². The first kappa shape index (κ1) is 13.0. The average Bonchev–Trinajstić information content (AvgIpc) is 2.81. The van der Waals surface area contributed by atoms with E-state index in [2.05, 4.69) is 20.9 Å². The summed E-state index contributed by atoms with van der Waals surface area (Å²) in [5.41, 5.74) is 7.26. The Balaban J connectivity index is 2.10. The number of carbonyl (C=O) groups is 1. The molecule has 0 fully saturated rings. The maximum absolute atomic E-state index is 12.1. The summed E-state index contributed by atoms with van der Waals surface area (Å²) in [6, 6.07) is 7.70. The molecule has 0 aliphatic rings. The summed E-state index contributed by atoms with van der Waals surface area (Å²) in [4.78, 5) is 16.2. The van der Waals surface area contributed by atoms with Crippen LogP contribution in [0.15, 0.2) is 41.3 Å². The van der Waals surface area contributed by atoms with Crippen LogP contribution in [0.3, 0.4) is 0 Å². The van der Waals surface area contributed by atoms with Gasteiger partial charge in [0.2, 0.25) is 5.91 Å². The van der Waals surface area contributed by atoms with Gasteiger partial charge in [-0.15, -0.1) is 0 Å². The summed E-state index contributed by atoms with van der Waals surface area (Å²) in [6.07, 6.45) is 4.32. The second kappa shape index (κ2) is 5.93. The van der Waals surface area contributed by atoms with Crippen LogP contribution in [-0.2, 0) is 12.8 Å². The highest BCUT2D eigenvalue weighted by Gasteiger charge is 2.09. The second-order valence-electron chi connectivity index (χ2n) is 3.97. The number of imidazole rings is 1. The van der Waals surface area contributed by atoms with Crippen LogP contribution in [0.2, 0.25) is 0 Å². The van der Waals surface area contributed by atoms with Crippen LogP contribution >= 0.6 is 15.9 Å². The molecule has 0 saturated heterocycles. The van der Waals surface area contributed by atoms with Crippen LogP contribution in [0, 0.1) is 0 Å². The van der Waals surface area contributed by atoms with E-state index in [1.165, 1.54) is 4.57 Å². The molecular weight excluding hydrogens is 294 g/mol. The third-order valence-electron chi connectivity index (χ3n) is 2.62. The summed E-state index contributed by atoms with van der Waals surface area (Å²) in [7, 11) is 0. The van der Waals surface area contributed by atoms with Gasteiger partial charge in [-0.3, -0.25) is 9.36 Å². The molecule has 2 aromatic rings. The van der Waals surface area contributed by atoms with Crippen LogP contribution in [0.4, 0.5) is 0 Å². The van der Waals surface area contributed by atoms with Gasteiger partial charge in [-0.05, 0) is 18.2 Å². The first-order valence-corrected chi connectivity index (χ1v) is 6.49. The zero-order valence-corrected chi connectivity index (χ0v) is 11.4. The van der Waals surface area contributed by atoms with Gasteiger partial charge in [-0.1, -0.05) is 34.1 Å². The lowest BCUT2D eigenvalue weighted by Crippen LogP contribution is -2.12. The van der Waals surface area contributed by atoms with Crippen LogP contribution in [-0.4, -0.2) is 22.0 Å². The van der Waals surface area contributed by atoms with E-state index in [0.29, 0.717) is 19.4 Å². The zero-order chi connectivity index (χ0) is 13.0. The largest absolute Gasteiger partial charge is 0.330 e. The maximum atomic E-state index is 12.1. The number of hydrogen-bond acceptors (Lipinski definition) is 3. The Hall–Kier alpha value is -1.46. The molecule has 18 heavy (non-hydrogen) atoms. The highest BCUT2D eigenvalue weighted by molar-refractivity contribution is 9.10. The lowest BCUT2D eigenvalue weighted by molar-refractivity contribution is 0.0913. The molecule has 1 aromatic heterocycles. The highest BCUT2D eigenvalue weighted by Crippen LogP contribution is 2.16. The van der Waals surface area contributed by atoms with Crippen LogP contribution < -0.4 is 5.73 Å². The Bertz CT molecular complexity index is 551. The van der Waals surface area contributed by atoms with Crippen LogP contribution in [0.1, 0.15) is 16.1 Å². The molecule has 2 N–H and O–H groups in total. The number of rotatable bonds is 4. The van der Waals surface area contributed by atoms with E-state index in [1.807, 2.05) is 24.3 Å². The summed E-state index contributed by atoms with van der Waals surface area (Å²) in [5, 5.41) is 0. The SMILES string of the molecule is NCCc1cn(C(=O)Cc2ccccc2Br)cn1. The average molecular weight is 308 g/mol. The van der Waals surface area contributed by atoms with Crippen molar-refractivity contribution in [3.05, 3.63) is 52.5 Å². The molecule has 2 rings (SSSR count). The van der Waals surface area contributed by atoms with Gasteiger partial charge in [0.1, 0.15) is 6.33 Å². The number of benzene rings is 1. The molecule has 0 radical (unpaired) electrons. The predicted octanol–water partition coefficient (Wildman–Crippen LogP) is 2.03. The fourth-order valence-corrected chi connectivity index (χ4v) is 2.10. The molecule has 1 heterocycles. The van der Waals surface area contributed by atoms with E-state index in [0.717, 1.165) is 15.7 Å². The van der Waals surface area contributed by atoms with E-state index in [9.17, 15) is 4.79 Å². The molecule has 0 atom stereocenters. The van der Waals surface area contributed by atoms with Gasteiger partial charge in [-0.25, -0.2) is 4.98 Å². The van der Waals surface area contributed by atoms with E-state index in [4.69, 9.17) is 5.73 Å². The maximum Gasteiger partial charge on any atom is 0.236 e. The Labute approximate surface area is 114 Å². The van der Waals surface area contributed by atoms with Crippen molar-refractivity contribution in [1.29, 1.82) is 0 Å². The van der Waals surface area contributed by atoms with E-state index in [-0.39, 0.29) is 5.91 Å². The standard InChI is InChI=1S/C13H14BrN3O/c14-12-4-2-1-3-10(12)7-13(18)17-8-11(5-6-15)16-9-17/h1-4,8-9H,5-7,15H2. The lowest BCUT2D eigenvalue weighted by Gasteiger charge is -2.03. The number of aromatic nitrogens is 2. The molecule has 0 aliphatic heterocycles. The summed E-state index contributed by atoms with van der Waals surface area (Å²) < 4.78 is 2.46. The van der Waals surface area contributed by atoms with E-state index in [1.54, 1.807) is 12.5 Å². The number of nitrogens with two attached hydrogens (primary N) is 1. The van der Waals surface area contributed by atoms with Crippen molar-refractivity contribution in [1.82, 2.24) is 9.55 Å². The Morgan fingerprint density at radius 1 is 1.39 bits per heavy atom. The predicted molar refractivity (Wildman–Crippen MR) is 73.5 cm³/mol. The first-order valence-electron chi connectivity index (χ1n) is 5.70. The molecule has 0 aliphatic carbocycles. The number of halogens is 1. The van der Waals surface area contributed by atoms with E-state index >= 15 is 0 Å². The van der Waals surface area contributed by atoms with Gasteiger partial charge < -0.3 is 5.73 Å². The van der Waals surface area contributed by atoms with Crippen molar-refractivity contribution in [2.45, 2.75) is 12.8 Å². The smallest absolute Gasteiger partial charge is 0.236 e. The minimum absolute atomic E-state index is 0.00216. The Morgan fingerprint density at radius 3 is 2.89 bits per heavy atom. The Kier molecular flexibility index (Phi) is 4.28. The fourth-order valence-electron chi connectivity index (χ4n) is 1.67. The molecule has 1 aromatic carbocycles. The quantitative estimate of drug-likeness (QED) is 0.940. The van der Waals surface area contributed by atoms with Crippen LogP contribution in [0.5, 0.6) is 0 Å². The van der Waals surface area contributed by atoms with Gasteiger partial charge in [0, 0.05) is 17.1 Å². The van der Waals surface area contributed by atoms with Crippen molar-refractivity contribution in [2.75, 3.05) is 6.54 Å². The van der Waals surface area contributed by atoms with Gasteiger partial charge >= 0.3 is 0 Å². The molecule has 94 valence electrons. The molecule has 0 spiro atoms. The summed E-state index contributed by atoms with van der Waals surface area (Å²) >= 11 is 3.43. The normalized spacial score (nSPS) is 10.6. The molecule has 0 saturated carbocycles. The minimum Gasteiger partial charge on any atom is -0.330 e. The monoisotopic (exact) mass is 307 g/mol.